The number of aryl methyl sites for hydroxylation is 1. The minimum absolute atomic E-state index is 0.117. The van der Waals surface area contributed by atoms with Crippen molar-refractivity contribution in [3.63, 3.8) is 0 Å². The molecule has 1 aromatic rings. The van der Waals surface area contributed by atoms with Gasteiger partial charge in [0.15, 0.2) is 0 Å². The van der Waals surface area contributed by atoms with Crippen LogP contribution in [0.4, 0.5) is 0 Å². The summed E-state index contributed by atoms with van der Waals surface area (Å²) in [6, 6.07) is 0. The van der Waals surface area contributed by atoms with Crippen molar-refractivity contribution >= 4 is 5.78 Å². The SMILES string of the molecule is Cn1cc(CC(=O)C2C(C)(C)C2(C)C)nn1. The van der Waals surface area contributed by atoms with E-state index in [0.29, 0.717) is 6.42 Å². The number of hydrogen-bond donors (Lipinski definition) is 0. The number of Topliss-reactive ketones (excluding diaryl/α,β-unsaturated/α-hetero) is 1. The van der Waals surface area contributed by atoms with Gasteiger partial charge in [-0.25, -0.2) is 0 Å². The Morgan fingerprint density at radius 3 is 2.31 bits per heavy atom. The van der Waals surface area contributed by atoms with Crippen LogP contribution in [0.1, 0.15) is 33.4 Å². The van der Waals surface area contributed by atoms with Crippen molar-refractivity contribution in [1.82, 2.24) is 15.0 Å². The molecule has 0 N–H and O–H groups in total. The molecule has 0 unspecified atom stereocenters. The van der Waals surface area contributed by atoms with Crippen LogP contribution in [0.25, 0.3) is 0 Å². The van der Waals surface area contributed by atoms with Crippen molar-refractivity contribution in [3.8, 4) is 0 Å². The van der Waals surface area contributed by atoms with Crippen LogP contribution in [0.3, 0.4) is 0 Å². The Kier molecular flexibility index (Phi) is 2.23. The largest absolute Gasteiger partial charge is 0.299 e. The molecule has 1 aliphatic carbocycles. The summed E-state index contributed by atoms with van der Waals surface area (Å²) in [5, 5.41) is 7.79. The van der Waals surface area contributed by atoms with Crippen molar-refractivity contribution in [1.29, 1.82) is 0 Å². The Morgan fingerprint density at radius 2 is 1.94 bits per heavy atom. The highest BCUT2D eigenvalue weighted by Crippen LogP contribution is 2.68. The molecule has 0 aromatic carbocycles. The molecule has 2 rings (SSSR count). The highest BCUT2D eigenvalue weighted by Gasteiger charge is 2.67. The third-order valence-electron chi connectivity index (χ3n) is 4.35. The lowest BCUT2D eigenvalue weighted by molar-refractivity contribution is -0.120. The number of nitrogens with zero attached hydrogens (tertiary/aromatic N) is 3. The second-order valence-electron chi connectivity index (χ2n) is 5.90. The zero-order chi connectivity index (χ0) is 12.1. The van der Waals surface area contributed by atoms with Gasteiger partial charge in [0.1, 0.15) is 5.78 Å². The van der Waals surface area contributed by atoms with E-state index >= 15 is 0 Å². The molecule has 0 bridgehead atoms. The number of hydrogen-bond acceptors (Lipinski definition) is 3. The van der Waals surface area contributed by atoms with Crippen LogP contribution >= 0.6 is 0 Å². The van der Waals surface area contributed by atoms with Crippen LogP contribution in [0.15, 0.2) is 6.20 Å². The quantitative estimate of drug-likeness (QED) is 0.779. The van der Waals surface area contributed by atoms with Crippen molar-refractivity contribution in [2.75, 3.05) is 0 Å². The van der Waals surface area contributed by atoms with Crippen molar-refractivity contribution in [3.05, 3.63) is 11.9 Å². The van der Waals surface area contributed by atoms with Gasteiger partial charge in [0.05, 0.1) is 12.1 Å². The summed E-state index contributed by atoms with van der Waals surface area (Å²) >= 11 is 0. The van der Waals surface area contributed by atoms with E-state index in [0.717, 1.165) is 5.69 Å². The smallest absolute Gasteiger partial charge is 0.143 e. The monoisotopic (exact) mass is 221 g/mol. The highest BCUT2D eigenvalue weighted by molar-refractivity contribution is 5.87. The van der Waals surface area contributed by atoms with Gasteiger partial charge in [0.25, 0.3) is 0 Å². The first-order valence-electron chi connectivity index (χ1n) is 5.64. The Hall–Kier alpha value is -1.19. The Balaban J connectivity index is 2.06. The molecule has 1 heterocycles. The summed E-state index contributed by atoms with van der Waals surface area (Å²) < 4.78 is 1.63. The molecule has 16 heavy (non-hydrogen) atoms. The summed E-state index contributed by atoms with van der Waals surface area (Å²) in [6.07, 6.45) is 2.21. The number of aromatic nitrogens is 3. The molecule has 0 atom stereocenters. The van der Waals surface area contributed by atoms with Crippen molar-refractivity contribution < 1.29 is 4.79 Å². The summed E-state index contributed by atoms with van der Waals surface area (Å²) in [5.41, 5.74) is 1.00. The Bertz CT molecular complexity index is 417. The minimum atomic E-state index is 0.117. The van der Waals surface area contributed by atoms with Gasteiger partial charge in [-0.15, -0.1) is 5.10 Å². The van der Waals surface area contributed by atoms with Crippen molar-refractivity contribution in [2.45, 2.75) is 34.1 Å². The molecule has 0 spiro atoms. The molecule has 4 heteroatoms. The van der Waals surface area contributed by atoms with Gasteiger partial charge in [-0.05, 0) is 10.8 Å². The molecule has 1 fully saturated rings. The maximum Gasteiger partial charge on any atom is 0.143 e. The molecular formula is C12H19N3O. The lowest BCUT2D eigenvalue weighted by Crippen LogP contribution is -2.10. The summed E-state index contributed by atoms with van der Waals surface area (Å²) in [6.45, 7) is 8.64. The standard InChI is InChI=1S/C12H19N3O/c1-11(2)10(12(11,3)4)9(16)6-8-7-15(5)14-13-8/h7,10H,6H2,1-5H3. The Labute approximate surface area is 96.0 Å². The first-order chi connectivity index (χ1) is 7.26. The van der Waals surface area contributed by atoms with Gasteiger partial charge < -0.3 is 0 Å². The lowest BCUT2D eigenvalue weighted by atomic mass is 10.0. The van der Waals surface area contributed by atoms with Crippen LogP contribution in [0, 0.1) is 16.7 Å². The van der Waals surface area contributed by atoms with Crippen LogP contribution in [-0.4, -0.2) is 20.8 Å². The summed E-state index contributed by atoms with van der Waals surface area (Å²) in [5.74, 6) is 0.442. The van der Waals surface area contributed by atoms with Crippen LogP contribution in [0.2, 0.25) is 0 Å². The molecule has 1 aliphatic rings. The van der Waals surface area contributed by atoms with E-state index in [-0.39, 0.29) is 22.5 Å². The number of ketones is 1. The zero-order valence-corrected chi connectivity index (χ0v) is 10.6. The molecule has 0 radical (unpaired) electrons. The normalized spacial score (nSPS) is 22.1. The molecule has 1 aromatic heterocycles. The molecule has 0 aliphatic heterocycles. The van der Waals surface area contributed by atoms with Crippen LogP contribution < -0.4 is 0 Å². The average molecular weight is 221 g/mol. The first-order valence-corrected chi connectivity index (χ1v) is 5.64. The van der Waals surface area contributed by atoms with Gasteiger partial charge in [-0.1, -0.05) is 32.9 Å². The number of carbonyl (C=O) groups is 1. The minimum Gasteiger partial charge on any atom is -0.299 e. The average Bonchev–Trinajstić information content (AvgIpc) is 2.44. The number of rotatable bonds is 3. The summed E-state index contributed by atoms with van der Waals surface area (Å²) in [4.78, 5) is 12.1. The number of carbonyl (C=O) groups excluding carboxylic acids is 1. The highest BCUT2D eigenvalue weighted by atomic mass is 16.1. The van der Waals surface area contributed by atoms with Crippen LogP contribution in [0.5, 0.6) is 0 Å². The van der Waals surface area contributed by atoms with E-state index in [9.17, 15) is 4.79 Å². The lowest BCUT2D eigenvalue weighted by Gasteiger charge is -2.03. The second kappa shape index (κ2) is 3.15. The predicted molar refractivity (Wildman–Crippen MR) is 60.8 cm³/mol. The second-order valence-corrected chi connectivity index (χ2v) is 5.90. The third-order valence-corrected chi connectivity index (χ3v) is 4.35. The van der Waals surface area contributed by atoms with E-state index in [1.165, 1.54) is 0 Å². The van der Waals surface area contributed by atoms with Crippen molar-refractivity contribution in [2.24, 2.45) is 23.8 Å². The molecule has 1 saturated carbocycles. The molecular weight excluding hydrogens is 202 g/mol. The van der Waals surface area contributed by atoms with Crippen LogP contribution in [-0.2, 0) is 18.3 Å². The van der Waals surface area contributed by atoms with E-state index in [4.69, 9.17) is 0 Å². The van der Waals surface area contributed by atoms with E-state index in [1.54, 1.807) is 10.9 Å². The molecule has 0 saturated heterocycles. The fraction of sp³-hybridized carbons (Fsp3) is 0.750. The topological polar surface area (TPSA) is 47.8 Å². The van der Waals surface area contributed by atoms with Gasteiger partial charge in [-0.3, -0.25) is 9.48 Å². The predicted octanol–water partition coefficient (Wildman–Crippen LogP) is 1.61. The fourth-order valence-electron chi connectivity index (χ4n) is 2.76. The first kappa shape index (κ1) is 11.3. The third kappa shape index (κ3) is 1.47. The molecule has 88 valence electrons. The zero-order valence-electron chi connectivity index (χ0n) is 10.6. The molecule has 0 amide bonds. The summed E-state index contributed by atoms with van der Waals surface area (Å²) in [7, 11) is 1.81. The van der Waals surface area contributed by atoms with Gasteiger partial charge in [0, 0.05) is 19.2 Å². The molecule has 4 nitrogen and oxygen atoms in total. The van der Waals surface area contributed by atoms with E-state index < -0.39 is 0 Å². The van der Waals surface area contributed by atoms with Gasteiger partial charge in [-0.2, -0.15) is 0 Å². The van der Waals surface area contributed by atoms with E-state index in [1.807, 2.05) is 7.05 Å². The van der Waals surface area contributed by atoms with E-state index in [2.05, 4.69) is 38.0 Å². The fourth-order valence-corrected chi connectivity index (χ4v) is 2.76. The van der Waals surface area contributed by atoms with Gasteiger partial charge in [0.2, 0.25) is 0 Å². The maximum absolute atomic E-state index is 12.1. The van der Waals surface area contributed by atoms with Gasteiger partial charge >= 0.3 is 0 Å². The Morgan fingerprint density at radius 1 is 1.38 bits per heavy atom. The maximum atomic E-state index is 12.1.